The fourth-order valence-corrected chi connectivity index (χ4v) is 6.14. The van der Waals surface area contributed by atoms with E-state index in [4.69, 9.17) is 0 Å². The van der Waals surface area contributed by atoms with Crippen molar-refractivity contribution in [2.24, 2.45) is 5.92 Å². The third kappa shape index (κ3) is 5.77. The number of benzene rings is 3. The van der Waals surface area contributed by atoms with Gasteiger partial charge in [-0.15, -0.1) is 0 Å². The van der Waals surface area contributed by atoms with E-state index < -0.39 is 17.8 Å². The fourth-order valence-electron chi connectivity index (χ4n) is 6.14. The predicted octanol–water partition coefficient (Wildman–Crippen LogP) is 7.26. The van der Waals surface area contributed by atoms with Gasteiger partial charge >= 0.3 is 0 Å². The minimum Gasteiger partial charge on any atom is -0.372 e. The first-order valence-corrected chi connectivity index (χ1v) is 14.5. The molecule has 2 aliphatic heterocycles. The lowest BCUT2D eigenvalue weighted by atomic mass is 9.83. The molecule has 5 nitrogen and oxygen atoms in total. The Labute approximate surface area is 237 Å². The number of hydrogen-bond acceptors (Lipinski definition) is 3. The molecule has 0 spiro atoms. The van der Waals surface area contributed by atoms with Gasteiger partial charge < -0.3 is 15.1 Å². The van der Waals surface area contributed by atoms with Crippen molar-refractivity contribution in [3.8, 4) is 0 Å². The second-order valence-electron chi connectivity index (χ2n) is 12.2. The maximum Gasteiger partial charge on any atom is 0.257 e. The second kappa shape index (κ2) is 11.4. The maximum absolute atomic E-state index is 15.0. The van der Waals surface area contributed by atoms with Crippen LogP contribution in [0.5, 0.6) is 0 Å². The molecule has 0 aromatic heterocycles. The molecular weight excluding hydrogens is 501 g/mol. The van der Waals surface area contributed by atoms with Crippen molar-refractivity contribution in [3.63, 3.8) is 0 Å². The molecule has 3 aromatic carbocycles. The summed E-state index contributed by atoms with van der Waals surface area (Å²) in [5.74, 6) is -1.48. The van der Waals surface area contributed by atoms with E-state index in [0.29, 0.717) is 24.9 Å². The van der Waals surface area contributed by atoms with E-state index in [1.165, 1.54) is 6.07 Å². The number of nitrogens with one attached hydrogen (secondary N) is 1. The second-order valence-corrected chi connectivity index (χ2v) is 12.2. The molecule has 2 atom stereocenters. The average molecular weight is 542 g/mol. The van der Waals surface area contributed by atoms with E-state index in [2.05, 4.69) is 49.2 Å². The van der Waals surface area contributed by atoms with Crippen LogP contribution in [-0.4, -0.2) is 36.3 Å². The van der Waals surface area contributed by atoms with Gasteiger partial charge in [0.25, 0.3) is 5.91 Å². The molecule has 2 fully saturated rings. The molecule has 0 saturated carbocycles. The molecule has 5 rings (SSSR count). The van der Waals surface area contributed by atoms with Crippen LogP contribution in [0.3, 0.4) is 0 Å². The molecular formula is C34H40FN3O2. The first-order valence-electron chi connectivity index (χ1n) is 14.5. The number of nitrogens with zero attached hydrogens (tertiary/aromatic N) is 2. The lowest BCUT2D eigenvalue weighted by Gasteiger charge is -2.41. The third-order valence-corrected chi connectivity index (χ3v) is 8.34. The zero-order valence-corrected chi connectivity index (χ0v) is 24.0. The quantitative estimate of drug-likeness (QED) is 0.370. The minimum atomic E-state index is -0.528. The maximum atomic E-state index is 15.0. The van der Waals surface area contributed by atoms with Gasteiger partial charge in [-0.3, -0.25) is 9.59 Å². The van der Waals surface area contributed by atoms with E-state index in [9.17, 15) is 14.0 Å². The molecule has 2 amide bonds. The van der Waals surface area contributed by atoms with Crippen molar-refractivity contribution in [3.05, 3.63) is 94.8 Å². The lowest BCUT2D eigenvalue weighted by Crippen LogP contribution is -2.46. The highest BCUT2D eigenvalue weighted by atomic mass is 19.1. The summed E-state index contributed by atoms with van der Waals surface area (Å²) in [6.45, 7) is 10.7. The number of piperidine rings is 1. The van der Waals surface area contributed by atoms with Gasteiger partial charge in [0.05, 0.1) is 17.5 Å². The van der Waals surface area contributed by atoms with Crippen LogP contribution in [0.4, 0.5) is 15.8 Å². The number of hydrogen-bond donors (Lipinski definition) is 1. The Morgan fingerprint density at radius 1 is 0.900 bits per heavy atom. The summed E-state index contributed by atoms with van der Waals surface area (Å²) < 4.78 is 15.0. The zero-order chi connectivity index (χ0) is 28.4. The van der Waals surface area contributed by atoms with Crippen LogP contribution in [-0.2, 0) is 10.2 Å². The highest BCUT2D eigenvalue weighted by Gasteiger charge is 2.41. The summed E-state index contributed by atoms with van der Waals surface area (Å²) in [5, 5.41) is 3.15. The van der Waals surface area contributed by atoms with Crippen LogP contribution < -0.4 is 10.2 Å². The van der Waals surface area contributed by atoms with Gasteiger partial charge in [-0.05, 0) is 85.0 Å². The Hall–Kier alpha value is -3.67. The standard InChI is InChI=1S/C34H40FN3O2/c1-23-11-7-17-29(35)30(23)33(40)38-20-10-16-28(32(39)36-26-14-9-13-25(22-26)34(2,3)4)31(38)24-12-8-15-27(21-24)37-18-5-6-19-37/h7-9,11-15,17,21-22,28,31H,5-6,10,16,18-20H2,1-4H3,(H,36,39)/t28-,31-/m0/s1. The van der Waals surface area contributed by atoms with Crippen LogP contribution in [0.25, 0.3) is 0 Å². The van der Waals surface area contributed by atoms with Crippen molar-refractivity contribution in [2.45, 2.75) is 64.8 Å². The van der Waals surface area contributed by atoms with Crippen LogP contribution in [0.1, 0.15) is 79.5 Å². The topological polar surface area (TPSA) is 52.7 Å². The number of rotatable bonds is 5. The molecule has 1 N–H and O–H groups in total. The van der Waals surface area contributed by atoms with Gasteiger partial charge in [0.1, 0.15) is 5.82 Å². The Bertz CT molecular complexity index is 1370. The number of carbonyl (C=O) groups is 2. The van der Waals surface area contributed by atoms with Gasteiger partial charge in [-0.25, -0.2) is 4.39 Å². The van der Waals surface area contributed by atoms with Crippen molar-refractivity contribution in [1.82, 2.24) is 4.90 Å². The number of amides is 2. The average Bonchev–Trinajstić information content (AvgIpc) is 3.47. The van der Waals surface area contributed by atoms with Crippen molar-refractivity contribution in [2.75, 3.05) is 29.9 Å². The molecule has 0 radical (unpaired) electrons. The van der Waals surface area contributed by atoms with E-state index in [0.717, 1.165) is 48.4 Å². The summed E-state index contributed by atoms with van der Waals surface area (Å²) in [6, 6.07) is 20.4. The van der Waals surface area contributed by atoms with Gasteiger partial charge in [-0.1, -0.05) is 57.2 Å². The Morgan fingerprint density at radius 2 is 1.62 bits per heavy atom. The normalized spacial score (nSPS) is 19.5. The summed E-state index contributed by atoms with van der Waals surface area (Å²) in [6.07, 6.45) is 3.62. The predicted molar refractivity (Wildman–Crippen MR) is 159 cm³/mol. The van der Waals surface area contributed by atoms with Crippen LogP contribution in [0.15, 0.2) is 66.7 Å². The number of aryl methyl sites for hydroxylation is 1. The lowest BCUT2D eigenvalue weighted by molar-refractivity contribution is -0.123. The largest absolute Gasteiger partial charge is 0.372 e. The number of carbonyl (C=O) groups excluding carboxylic acids is 2. The zero-order valence-electron chi connectivity index (χ0n) is 24.0. The SMILES string of the molecule is Cc1cccc(F)c1C(=O)N1CCC[C@H](C(=O)Nc2cccc(C(C)(C)C)c2)[C@@H]1c1cccc(N2CCCC2)c1. The minimum absolute atomic E-state index is 0.0506. The number of halogens is 1. The Balaban J connectivity index is 1.52. The smallest absolute Gasteiger partial charge is 0.257 e. The van der Waals surface area contributed by atoms with Gasteiger partial charge in [-0.2, -0.15) is 0 Å². The molecule has 210 valence electrons. The first-order chi connectivity index (χ1) is 19.1. The number of anilines is 2. The van der Waals surface area contributed by atoms with Crippen LogP contribution in [0.2, 0.25) is 0 Å². The summed E-state index contributed by atoms with van der Waals surface area (Å²) >= 11 is 0. The molecule has 40 heavy (non-hydrogen) atoms. The highest BCUT2D eigenvalue weighted by Crippen LogP contribution is 2.40. The molecule has 2 aliphatic rings. The Kier molecular flexibility index (Phi) is 7.97. The highest BCUT2D eigenvalue weighted by molar-refractivity contribution is 5.98. The first kappa shape index (κ1) is 27.9. The fraction of sp³-hybridized carbons (Fsp3) is 0.412. The summed E-state index contributed by atoms with van der Waals surface area (Å²) in [7, 11) is 0. The van der Waals surface area contributed by atoms with Gasteiger partial charge in [0.15, 0.2) is 0 Å². The summed E-state index contributed by atoms with van der Waals surface area (Å²) in [4.78, 5) is 32.0. The van der Waals surface area contributed by atoms with Gasteiger partial charge in [0.2, 0.25) is 5.91 Å². The summed E-state index contributed by atoms with van der Waals surface area (Å²) in [5.41, 5.74) is 4.53. The van der Waals surface area contributed by atoms with Crippen LogP contribution in [0, 0.1) is 18.7 Å². The van der Waals surface area contributed by atoms with E-state index >= 15 is 0 Å². The number of likely N-dealkylation sites (tertiary alicyclic amines) is 1. The van der Waals surface area contributed by atoms with Crippen molar-refractivity contribution < 1.29 is 14.0 Å². The monoisotopic (exact) mass is 541 g/mol. The molecule has 0 unspecified atom stereocenters. The molecule has 6 heteroatoms. The van der Waals surface area contributed by atoms with E-state index in [1.807, 2.05) is 30.3 Å². The molecule has 0 bridgehead atoms. The molecule has 2 heterocycles. The van der Waals surface area contributed by atoms with E-state index in [1.54, 1.807) is 24.0 Å². The molecule has 3 aromatic rings. The molecule has 0 aliphatic carbocycles. The van der Waals surface area contributed by atoms with E-state index in [-0.39, 0.29) is 22.8 Å². The van der Waals surface area contributed by atoms with Crippen molar-refractivity contribution in [1.29, 1.82) is 0 Å². The van der Waals surface area contributed by atoms with Crippen LogP contribution >= 0.6 is 0 Å². The van der Waals surface area contributed by atoms with Crippen molar-refractivity contribution >= 4 is 23.2 Å². The Morgan fingerprint density at radius 3 is 2.35 bits per heavy atom. The van der Waals surface area contributed by atoms with Gasteiger partial charge in [0, 0.05) is 31.0 Å². The molecule has 2 saturated heterocycles. The third-order valence-electron chi connectivity index (χ3n) is 8.34.